The van der Waals surface area contributed by atoms with Crippen molar-refractivity contribution in [2.24, 2.45) is 26.4 Å². The second kappa shape index (κ2) is 7.53. The van der Waals surface area contributed by atoms with Crippen LogP contribution in [-0.4, -0.2) is 55.8 Å². The van der Waals surface area contributed by atoms with E-state index >= 15 is 0 Å². The van der Waals surface area contributed by atoms with E-state index in [-0.39, 0.29) is 17.8 Å². The molecule has 8 nitrogen and oxygen atoms in total. The highest BCUT2D eigenvalue weighted by Gasteiger charge is 2.69. The highest BCUT2D eigenvalue weighted by Crippen LogP contribution is 2.58. The number of fused-ring (bicyclic) bond motifs is 3. The van der Waals surface area contributed by atoms with Crippen LogP contribution in [0.1, 0.15) is 40.5 Å². The molecule has 0 aliphatic carbocycles. The van der Waals surface area contributed by atoms with Gasteiger partial charge in [0.15, 0.2) is 6.34 Å². The van der Waals surface area contributed by atoms with Gasteiger partial charge in [-0.15, -0.1) is 0 Å². The van der Waals surface area contributed by atoms with Crippen LogP contribution < -0.4 is 21.1 Å². The molecule has 1 saturated heterocycles. The average molecular weight is 395 g/mol. The van der Waals surface area contributed by atoms with Crippen LogP contribution in [0.15, 0.2) is 39.2 Å². The first-order chi connectivity index (χ1) is 13.9. The van der Waals surface area contributed by atoms with E-state index in [2.05, 4.69) is 69.0 Å². The van der Waals surface area contributed by atoms with Crippen LogP contribution in [0.4, 0.5) is 11.4 Å². The molecule has 2 atom stereocenters. The SMILES string of the molecule is CCC1(C)B2N(C(N=CN)=NC)c3ccccc3N2C(=NC)[N+](=CN)C1(C)CC. The fourth-order valence-electron chi connectivity index (χ4n) is 5.02. The maximum Gasteiger partial charge on any atom is 0.460 e. The molecule has 9 heteroatoms. The molecular weight excluding hydrogens is 363 g/mol. The van der Waals surface area contributed by atoms with E-state index in [1.165, 1.54) is 6.34 Å². The van der Waals surface area contributed by atoms with Crippen molar-refractivity contribution in [3.8, 4) is 0 Å². The number of anilines is 2. The first-order valence-corrected chi connectivity index (χ1v) is 10.1. The molecule has 29 heavy (non-hydrogen) atoms. The zero-order chi connectivity index (χ0) is 21.4. The van der Waals surface area contributed by atoms with Crippen LogP contribution in [-0.2, 0) is 0 Å². The topological polar surface area (TPSA) is 98.6 Å². The lowest BCUT2D eigenvalue weighted by atomic mass is 9.39. The number of para-hydroxylation sites is 2. The lowest BCUT2D eigenvalue weighted by molar-refractivity contribution is -0.514. The molecule has 1 fully saturated rings. The van der Waals surface area contributed by atoms with E-state index in [1.807, 2.05) is 19.2 Å². The normalized spacial score (nSPS) is 29.9. The Labute approximate surface area is 173 Å². The van der Waals surface area contributed by atoms with Gasteiger partial charge in [-0.05, 0) is 31.9 Å². The molecule has 1 aromatic rings. The number of guanidine groups is 2. The Balaban J connectivity index is 2.41. The summed E-state index contributed by atoms with van der Waals surface area (Å²) >= 11 is 0. The summed E-state index contributed by atoms with van der Waals surface area (Å²) in [6, 6.07) is 8.26. The van der Waals surface area contributed by atoms with Gasteiger partial charge in [0, 0.05) is 12.4 Å². The summed E-state index contributed by atoms with van der Waals surface area (Å²) < 4.78 is 2.13. The number of rotatable bonds is 2. The monoisotopic (exact) mass is 395 g/mol. The van der Waals surface area contributed by atoms with Crippen molar-refractivity contribution in [1.29, 1.82) is 0 Å². The lowest BCUT2D eigenvalue weighted by Gasteiger charge is -2.54. The first-order valence-electron chi connectivity index (χ1n) is 10.1. The Morgan fingerprint density at radius 1 is 1.14 bits per heavy atom. The number of hydrogen-bond donors (Lipinski definition) is 2. The maximum absolute atomic E-state index is 6.18. The molecule has 2 aliphatic heterocycles. The predicted octanol–water partition coefficient (Wildman–Crippen LogP) is 2.11. The maximum atomic E-state index is 6.18. The molecule has 3 rings (SSSR count). The molecule has 0 bridgehead atoms. The Hall–Kier alpha value is -2.84. The largest absolute Gasteiger partial charge is 0.460 e. The number of nitrogens with two attached hydrogens (primary N) is 2. The van der Waals surface area contributed by atoms with Crippen LogP contribution in [0.5, 0.6) is 0 Å². The van der Waals surface area contributed by atoms with E-state index in [0.29, 0.717) is 5.96 Å². The fraction of sp³-hybridized carbons (Fsp3) is 0.500. The summed E-state index contributed by atoms with van der Waals surface area (Å²) in [5.74, 6) is 1.39. The number of hydrogen-bond acceptors (Lipinski definition) is 2. The standard InChI is InChI=1S/C20H31BN8/c1-7-19(3)20(4,8-2)27(14-23)18(25-6)29-16-12-10-9-11-15(16)28(21(19)29)17(24-5)26-13-22/h9-14,23H,7-8H2,1-6H3,(H2,22,24,26)/p+1. The molecule has 154 valence electrons. The van der Waals surface area contributed by atoms with E-state index in [1.54, 1.807) is 13.4 Å². The van der Waals surface area contributed by atoms with E-state index in [4.69, 9.17) is 11.5 Å². The van der Waals surface area contributed by atoms with Crippen molar-refractivity contribution in [3.05, 3.63) is 24.3 Å². The van der Waals surface area contributed by atoms with Crippen LogP contribution in [0.25, 0.3) is 0 Å². The van der Waals surface area contributed by atoms with Gasteiger partial charge < -0.3 is 16.3 Å². The number of benzene rings is 1. The fourth-order valence-corrected chi connectivity index (χ4v) is 5.02. The first kappa shape index (κ1) is 20.9. The smallest absolute Gasteiger partial charge is 0.390 e. The van der Waals surface area contributed by atoms with Gasteiger partial charge in [0.05, 0.1) is 30.3 Å². The predicted molar refractivity (Wildman–Crippen MR) is 124 cm³/mol. The molecular formula is C20H32BN8+. The van der Waals surface area contributed by atoms with Crippen molar-refractivity contribution >= 4 is 43.0 Å². The quantitative estimate of drug-likeness (QED) is 0.347. The van der Waals surface area contributed by atoms with Gasteiger partial charge >= 0.3 is 12.9 Å². The van der Waals surface area contributed by atoms with Crippen LogP contribution >= 0.6 is 0 Å². The second-order valence-electron chi connectivity index (χ2n) is 7.85. The highest BCUT2D eigenvalue weighted by molar-refractivity contribution is 6.80. The minimum absolute atomic E-state index is 0.0767. The van der Waals surface area contributed by atoms with E-state index in [9.17, 15) is 0 Å². The molecule has 4 N–H and O–H groups in total. The number of aliphatic imine (C=N–C) groups is 3. The molecule has 2 heterocycles. The van der Waals surface area contributed by atoms with Crippen LogP contribution in [0.3, 0.4) is 0 Å². The molecule has 0 amide bonds. The second-order valence-corrected chi connectivity index (χ2v) is 7.85. The Bertz CT molecular complexity index is 882. The summed E-state index contributed by atoms with van der Waals surface area (Å²) in [5.41, 5.74) is 13.7. The van der Waals surface area contributed by atoms with Crippen molar-refractivity contribution in [1.82, 2.24) is 0 Å². The van der Waals surface area contributed by atoms with Crippen molar-refractivity contribution in [2.45, 2.75) is 51.4 Å². The van der Waals surface area contributed by atoms with E-state index in [0.717, 1.165) is 30.2 Å². The van der Waals surface area contributed by atoms with Gasteiger partial charge in [0.2, 0.25) is 5.96 Å². The van der Waals surface area contributed by atoms with Gasteiger partial charge in [-0.25, -0.2) is 9.57 Å². The summed E-state index contributed by atoms with van der Waals surface area (Å²) in [4.78, 5) is 18.0. The Morgan fingerprint density at radius 3 is 2.28 bits per heavy atom. The molecule has 0 saturated carbocycles. The Kier molecular flexibility index (Phi) is 5.43. The summed E-state index contributed by atoms with van der Waals surface area (Å²) in [5, 5.41) is -0.203. The van der Waals surface area contributed by atoms with Crippen molar-refractivity contribution in [3.63, 3.8) is 0 Å². The van der Waals surface area contributed by atoms with Gasteiger partial charge in [-0.1, -0.05) is 32.9 Å². The lowest BCUT2D eigenvalue weighted by Crippen LogP contribution is -2.74. The van der Waals surface area contributed by atoms with Crippen LogP contribution in [0.2, 0.25) is 5.31 Å². The molecule has 0 radical (unpaired) electrons. The third-order valence-electron chi connectivity index (χ3n) is 7.03. The van der Waals surface area contributed by atoms with Crippen molar-refractivity contribution < 1.29 is 4.58 Å². The van der Waals surface area contributed by atoms with Gasteiger partial charge in [-0.2, -0.15) is 4.99 Å². The summed E-state index contributed by atoms with van der Waals surface area (Å²) in [6.45, 7) is 8.93. The molecule has 2 unspecified atom stereocenters. The molecule has 0 spiro atoms. The third kappa shape index (κ3) is 2.59. The third-order valence-corrected chi connectivity index (χ3v) is 7.03. The van der Waals surface area contributed by atoms with Gasteiger partial charge in [0.1, 0.15) is 0 Å². The number of nitrogens with zero attached hydrogens (tertiary/aromatic N) is 6. The minimum atomic E-state index is -0.266. The Morgan fingerprint density at radius 2 is 1.79 bits per heavy atom. The molecule has 0 aromatic heterocycles. The van der Waals surface area contributed by atoms with E-state index < -0.39 is 0 Å². The van der Waals surface area contributed by atoms with Crippen LogP contribution in [0, 0.1) is 0 Å². The average Bonchev–Trinajstić information content (AvgIpc) is 3.09. The zero-order valence-corrected chi connectivity index (χ0v) is 18.3. The van der Waals surface area contributed by atoms with Gasteiger partial charge in [-0.3, -0.25) is 9.80 Å². The molecule has 1 aromatic carbocycles. The summed E-state index contributed by atoms with van der Waals surface area (Å²) in [7, 11) is 3.55. The molecule has 2 aliphatic rings. The summed E-state index contributed by atoms with van der Waals surface area (Å²) in [6.07, 6.45) is 4.78. The highest BCUT2D eigenvalue weighted by atomic mass is 15.5. The minimum Gasteiger partial charge on any atom is -0.390 e. The van der Waals surface area contributed by atoms with Gasteiger partial charge in [0.25, 0.3) is 0 Å². The van der Waals surface area contributed by atoms with Crippen molar-refractivity contribution in [2.75, 3.05) is 23.7 Å². The zero-order valence-electron chi connectivity index (χ0n) is 18.3.